The SMILES string of the molecule is CC(=O)NC1C(OCCOCCOCCNC(=O)CN(CC(=O)NCCOCCOCCOC2OC(CO)C(O)C(O)C2NC(C)=O)C(Cc2ccc(-c3ccc(OP(=O)(O)C(C)(C)C)cc3)cc2)C(=O)NCCOCCOCCOC2OC(CO)C(O)C(O)C2NC(C)=O)OC(CO)C(O)C1O. The van der Waals surface area contributed by atoms with Crippen molar-refractivity contribution in [3.8, 4) is 16.9 Å². The minimum Gasteiger partial charge on any atom is -0.424 e. The Morgan fingerprint density at radius 2 is 0.777 bits per heavy atom. The van der Waals surface area contributed by atoms with E-state index in [1.165, 1.54) is 25.7 Å². The Balaban J connectivity index is 1.20. The Labute approximate surface area is 597 Å². The van der Waals surface area contributed by atoms with Crippen LogP contribution in [-0.2, 0) is 96.6 Å². The molecule has 3 aliphatic rings. The van der Waals surface area contributed by atoms with Gasteiger partial charge in [0.1, 0.15) is 78.8 Å². The highest BCUT2D eigenvalue weighted by Crippen LogP contribution is 2.54. The molecule has 17 unspecified atom stereocenters. The van der Waals surface area contributed by atoms with Crippen LogP contribution in [0.1, 0.15) is 47.1 Å². The highest BCUT2D eigenvalue weighted by atomic mass is 31.2. The number of aliphatic hydroxyl groups excluding tert-OH is 9. The third-order valence-corrected chi connectivity index (χ3v) is 18.3. The number of benzene rings is 2. The van der Waals surface area contributed by atoms with Gasteiger partial charge in [0.15, 0.2) is 18.9 Å². The quantitative estimate of drug-likeness (QED) is 0.0217. The fourth-order valence-electron chi connectivity index (χ4n) is 10.6. The van der Waals surface area contributed by atoms with Crippen LogP contribution in [0.5, 0.6) is 5.75 Å². The average Bonchev–Trinajstić information content (AvgIpc) is 0.838. The van der Waals surface area contributed by atoms with Gasteiger partial charge in [-0.1, -0.05) is 36.4 Å². The topological polar surface area (TPSA) is 517 Å². The van der Waals surface area contributed by atoms with E-state index < -0.39 is 179 Å². The molecule has 586 valence electrons. The molecular weight excluding hydrogens is 1390 g/mol. The number of aliphatic hydroxyl groups is 9. The van der Waals surface area contributed by atoms with E-state index in [0.29, 0.717) is 5.56 Å². The average molecular weight is 1500 g/mol. The fourth-order valence-corrected chi connectivity index (χ4v) is 11.2. The van der Waals surface area contributed by atoms with E-state index in [2.05, 4.69) is 31.9 Å². The van der Waals surface area contributed by atoms with Gasteiger partial charge in [-0.25, -0.2) is 4.57 Å². The largest absolute Gasteiger partial charge is 0.424 e. The van der Waals surface area contributed by atoms with Gasteiger partial charge in [-0.3, -0.25) is 33.7 Å². The number of ether oxygens (including phenoxy) is 12. The lowest BCUT2D eigenvalue weighted by molar-refractivity contribution is -0.272. The van der Waals surface area contributed by atoms with Crippen LogP contribution in [0.3, 0.4) is 0 Å². The molecular formula is C65H106N7O30P. The van der Waals surface area contributed by atoms with Crippen molar-refractivity contribution < 1.29 is 146 Å². The van der Waals surface area contributed by atoms with Crippen molar-refractivity contribution in [3.05, 3.63) is 54.1 Å². The van der Waals surface area contributed by atoms with Crippen molar-refractivity contribution in [2.75, 3.05) is 152 Å². The van der Waals surface area contributed by atoms with Crippen LogP contribution >= 0.6 is 7.60 Å². The molecule has 3 saturated heterocycles. The lowest BCUT2D eigenvalue weighted by Crippen LogP contribution is -2.64. The monoisotopic (exact) mass is 1500 g/mol. The van der Waals surface area contributed by atoms with E-state index in [-0.39, 0.29) is 131 Å². The Bertz CT molecular complexity index is 2810. The first-order valence-corrected chi connectivity index (χ1v) is 35.4. The molecule has 0 saturated carbocycles. The number of hydrogen-bond acceptors (Lipinski definition) is 30. The summed E-state index contributed by atoms with van der Waals surface area (Å²) in [6.07, 6.45) is -16.1. The number of rotatable bonds is 47. The molecule has 6 amide bonds. The predicted molar refractivity (Wildman–Crippen MR) is 359 cm³/mol. The zero-order valence-electron chi connectivity index (χ0n) is 58.9. The van der Waals surface area contributed by atoms with Crippen molar-refractivity contribution in [3.63, 3.8) is 0 Å². The van der Waals surface area contributed by atoms with Gasteiger partial charge in [0.25, 0.3) is 0 Å². The molecule has 3 heterocycles. The molecule has 16 N–H and O–H groups in total. The molecule has 3 aliphatic heterocycles. The minimum absolute atomic E-state index is 0.00237. The highest BCUT2D eigenvalue weighted by molar-refractivity contribution is 7.54. The first-order chi connectivity index (χ1) is 49.1. The number of carbonyl (C=O) groups excluding carboxylic acids is 6. The number of nitrogens with zero attached hydrogens (tertiary/aromatic N) is 1. The van der Waals surface area contributed by atoms with Crippen LogP contribution in [0.15, 0.2) is 48.5 Å². The fraction of sp³-hybridized carbons (Fsp3) is 0.723. The van der Waals surface area contributed by atoms with Crippen molar-refractivity contribution in [2.45, 2.75) is 151 Å². The van der Waals surface area contributed by atoms with Crippen LogP contribution in [0.2, 0.25) is 0 Å². The van der Waals surface area contributed by atoms with E-state index in [4.69, 9.17) is 61.4 Å². The smallest absolute Gasteiger partial charge is 0.381 e. The molecule has 5 rings (SSSR count). The Morgan fingerprint density at radius 3 is 1.10 bits per heavy atom. The maximum absolute atomic E-state index is 14.5. The van der Waals surface area contributed by atoms with Gasteiger partial charge in [-0.2, -0.15) is 0 Å². The van der Waals surface area contributed by atoms with Gasteiger partial charge >= 0.3 is 7.60 Å². The molecule has 2 aromatic rings. The summed E-state index contributed by atoms with van der Waals surface area (Å²) < 4.78 is 85.9. The summed E-state index contributed by atoms with van der Waals surface area (Å²) in [5.74, 6) is -3.07. The van der Waals surface area contributed by atoms with E-state index in [0.717, 1.165) is 11.1 Å². The molecule has 0 aromatic heterocycles. The summed E-state index contributed by atoms with van der Waals surface area (Å²) in [5.41, 5.74) is 2.10. The normalized spacial score (nSPS) is 26.0. The molecule has 0 spiro atoms. The number of nitrogens with one attached hydrogen (secondary N) is 6. The Hall–Kier alpha value is -5.63. The van der Waals surface area contributed by atoms with Crippen molar-refractivity contribution in [1.82, 2.24) is 36.8 Å². The van der Waals surface area contributed by atoms with Crippen molar-refractivity contribution in [1.29, 1.82) is 0 Å². The minimum atomic E-state index is -4.03. The van der Waals surface area contributed by atoms with E-state index >= 15 is 0 Å². The molecule has 17 atom stereocenters. The van der Waals surface area contributed by atoms with Gasteiger partial charge in [0.2, 0.25) is 35.4 Å². The maximum atomic E-state index is 14.5. The second kappa shape index (κ2) is 45.8. The van der Waals surface area contributed by atoms with E-state index in [1.54, 1.807) is 69.3 Å². The standard InChI is InChI=1S/C65H106N7O30P/c1-39(76)69-52-58(84)55(81)47(36-73)99-62(52)96-30-27-93-24-21-90-18-15-66-50(79)34-72(35-51(80)67-16-19-91-22-25-94-28-31-97-63-53(70-40(2)77)59(85)56(82)48(37-74)100-63)46(33-42-7-9-43(10-8-42)44-11-13-45(14-12-44)102-103(88,89)65(4,5)6)61(87)68-17-20-92-23-26-95-29-32-98-64-54(71-41(3)78)60(86)57(83)49(38-75)101-64/h7-14,46-49,52-60,62-64,73-75,81-86H,15-38H2,1-6H3,(H,66,79)(H,67,80)(H,68,87)(H,69,76)(H,70,77)(H,71,78)(H,88,89). The van der Waals surface area contributed by atoms with Crippen LogP contribution in [0.25, 0.3) is 11.1 Å². The summed E-state index contributed by atoms with van der Waals surface area (Å²) in [6, 6.07) is 9.18. The highest BCUT2D eigenvalue weighted by Gasteiger charge is 2.48. The third-order valence-electron chi connectivity index (χ3n) is 16.2. The molecule has 0 bridgehead atoms. The lowest BCUT2D eigenvalue weighted by atomic mass is 9.97. The molecule has 37 nitrogen and oxygen atoms in total. The van der Waals surface area contributed by atoms with Gasteiger partial charge < -0.3 is 144 Å². The molecule has 3 fully saturated rings. The summed E-state index contributed by atoms with van der Waals surface area (Å²) in [4.78, 5) is 89.6. The van der Waals surface area contributed by atoms with Crippen LogP contribution in [-0.4, -0.2) is 346 Å². The summed E-state index contributed by atoms with van der Waals surface area (Å²) in [5, 5.41) is 106. The van der Waals surface area contributed by atoms with E-state index in [1.807, 2.05) is 0 Å². The second-order valence-electron chi connectivity index (χ2n) is 25.2. The maximum Gasteiger partial charge on any atom is 0.381 e. The van der Waals surface area contributed by atoms with Crippen LogP contribution in [0.4, 0.5) is 0 Å². The second-order valence-corrected chi connectivity index (χ2v) is 27.8. The molecule has 38 heteroatoms. The Morgan fingerprint density at radius 1 is 0.466 bits per heavy atom. The van der Waals surface area contributed by atoms with Gasteiger partial charge in [0, 0.05) is 40.4 Å². The molecule has 0 aliphatic carbocycles. The van der Waals surface area contributed by atoms with Gasteiger partial charge in [-0.15, -0.1) is 0 Å². The zero-order valence-corrected chi connectivity index (χ0v) is 59.8. The van der Waals surface area contributed by atoms with Crippen molar-refractivity contribution in [2.24, 2.45) is 0 Å². The number of amides is 6. The molecule has 0 radical (unpaired) electrons. The van der Waals surface area contributed by atoms with Crippen LogP contribution < -0.4 is 36.4 Å². The molecule has 103 heavy (non-hydrogen) atoms. The third kappa shape index (κ3) is 29.9. The molecule has 2 aromatic carbocycles. The summed E-state index contributed by atoms with van der Waals surface area (Å²) in [6.45, 7) is 5.92. The Kier molecular flexibility index (Phi) is 39.1. The summed E-state index contributed by atoms with van der Waals surface area (Å²) >= 11 is 0. The lowest BCUT2D eigenvalue weighted by Gasteiger charge is -2.42. The van der Waals surface area contributed by atoms with E-state index in [9.17, 15) is 84.2 Å². The van der Waals surface area contributed by atoms with Crippen LogP contribution in [0, 0.1) is 0 Å². The van der Waals surface area contributed by atoms with Gasteiger partial charge in [-0.05, 0) is 56.0 Å². The van der Waals surface area contributed by atoms with Gasteiger partial charge in [0.05, 0.1) is 143 Å². The number of carbonyl (C=O) groups is 6. The van der Waals surface area contributed by atoms with Crippen molar-refractivity contribution >= 4 is 43.0 Å². The first kappa shape index (κ1) is 88.0. The summed E-state index contributed by atoms with van der Waals surface area (Å²) in [7, 11) is -4.03. The predicted octanol–water partition coefficient (Wildman–Crippen LogP) is -5.74. The number of hydrogen-bond donors (Lipinski definition) is 16. The first-order valence-electron chi connectivity index (χ1n) is 33.9. The zero-order chi connectivity index (χ0) is 75.7.